The zero-order chi connectivity index (χ0) is 10.8. The van der Waals surface area contributed by atoms with Crippen LogP contribution in [0.1, 0.15) is 6.92 Å². The Balaban J connectivity index is 2.55. The molecule has 1 unspecified atom stereocenters. The SMILES string of the molecule is CCSN1CCN(C)C(C(F)(F)F)C1. The van der Waals surface area contributed by atoms with Gasteiger partial charge in [0.05, 0.1) is 0 Å². The van der Waals surface area contributed by atoms with Crippen molar-refractivity contribution < 1.29 is 13.2 Å². The molecule has 0 bridgehead atoms. The van der Waals surface area contributed by atoms with Gasteiger partial charge in [-0.1, -0.05) is 18.9 Å². The van der Waals surface area contributed by atoms with Crippen molar-refractivity contribution in [2.75, 3.05) is 32.4 Å². The maximum Gasteiger partial charge on any atom is 0.405 e. The fraction of sp³-hybridized carbons (Fsp3) is 1.00. The van der Waals surface area contributed by atoms with Crippen molar-refractivity contribution in [3.63, 3.8) is 0 Å². The summed E-state index contributed by atoms with van der Waals surface area (Å²) in [5.74, 6) is 0.828. The molecule has 0 radical (unpaired) electrons. The Labute approximate surface area is 86.6 Å². The molecule has 1 aliphatic heterocycles. The van der Waals surface area contributed by atoms with Gasteiger partial charge < -0.3 is 0 Å². The number of piperazine rings is 1. The van der Waals surface area contributed by atoms with Crippen molar-refractivity contribution >= 4 is 11.9 Å². The lowest BCUT2D eigenvalue weighted by molar-refractivity contribution is -0.187. The summed E-state index contributed by atoms with van der Waals surface area (Å²) in [7, 11) is 1.53. The molecular weight excluding hydrogens is 213 g/mol. The minimum absolute atomic E-state index is 0.0819. The highest BCUT2D eigenvalue weighted by molar-refractivity contribution is 7.96. The Morgan fingerprint density at radius 1 is 1.36 bits per heavy atom. The third-order valence-corrected chi connectivity index (χ3v) is 3.26. The second-order valence-corrected chi connectivity index (χ2v) is 4.70. The number of halogens is 3. The average Bonchev–Trinajstić information content (AvgIpc) is 2.07. The highest BCUT2D eigenvalue weighted by atomic mass is 32.2. The number of rotatable bonds is 2. The van der Waals surface area contributed by atoms with Crippen molar-refractivity contribution in [2.45, 2.75) is 19.1 Å². The van der Waals surface area contributed by atoms with Crippen LogP contribution >= 0.6 is 11.9 Å². The minimum Gasteiger partial charge on any atom is -0.293 e. The lowest BCUT2D eigenvalue weighted by atomic mass is 10.2. The van der Waals surface area contributed by atoms with Crippen LogP contribution in [0.15, 0.2) is 0 Å². The molecule has 1 saturated heterocycles. The molecule has 0 N–H and O–H groups in total. The van der Waals surface area contributed by atoms with Gasteiger partial charge in [-0.25, -0.2) is 4.31 Å². The molecule has 1 fully saturated rings. The van der Waals surface area contributed by atoms with Crippen LogP contribution in [0.4, 0.5) is 13.2 Å². The molecule has 0 aromatic heterocycles. The Morgan fingerprint density at radius 2 is 2.00 bits per heavy atom. The number of hydrogen-bond donors (Lipinski definition) is 0. The zero-order valence-corrected chi connectivity index (χ0v) is 9.16. The first-order valence-corrected chi connectivity index (χ1v) is 5.54. The van der Waals surface area contributed by atoms with Crippen molar-refractivity contribution in [1.29, 1.82) is 0 Å². The molecule has 1 heterocycles. The first-order valence-electron chi connectivity index (χ1n) is 4.60. The molecule has 0 saturated carbocycles. The topological polar surface area (TPSA) is 6.48 Å². The van der Waals surface area contributed by atoms with Crippen LogP contribution in [0.2, 0.25) is 0 Å². The van der Waals surface area contributed by atoms with Gasteiger partial charge in [0.25, 0.3) is 0 Å². The number of hydrogen-bond acceptors (Lipinski definition) is 3. The fourth-order valence-corrected chi connectivity index (χ4v) is 2.32. The molecule has 1 atom stereocenters. The third kappa shape index (κ3) is 3.03. The van der Waals surface area contributed by atoms with Gasteiger partial charge in [-0.15, -0.1) is 0 Å². The maximum atomic E-state index is 12.5. The molecule has 0 spiro atoms. The van der Waals surface area contributed by atoms with Crippen molar-refractivity contribution in [3.05, 3.63) is 0 Å². The number of alkyl halides is 3. The van der Waals surface area contributed by atoms with Gasteiger partial charge in [-0.05, 0) is 7.05 Å². The second-order valence-electron chi connectivity index (χ2n) is 3.34. The van der Waals surface area contributed by atoms with E-state index in [0.29, 0.717) is 13.1 Å². The van der Waals surface area contributed by atoms with Crippen LogP contribution in [-0.4, -0.2) is 53.9 Å². The van der Waals surface area contributed by atoms with Crippen molar-refractivity contribution in [2.24, 2.45) is 0 Å². The summed E-state index contributed by atoms with van der Waals surface area (Å²) in [5.41, 5.74) is 0. The standard InChI is InChI=1S/C8H15F3N2S/c1-3-14-13-5-4-12(2)7(6-13)8(9,10)11/h7H,3-6H2,1-2H3. The molecule has 1 aliphatic rings. The smallest absolute Gasteiger partial charge is 0.293 e. The molecule has 0 aliphatic carbocycles. The molecule has 2 nitrogen and oxygen atoms in total. The minimum atomic E-state index is -4.11. The van der Waals surface area contributed by atoms with Crippen LogP contribution in [0, 0.1) is 0 Å². The van der Waals surface area contributed by atoms with Gasteiger partial charge in [0, 0.05) is 25.4 Å². The number of likely N-dealkylation sites (N-methyl/N-ethyl adjacent to an activating group) is 1. The van der Waals surface area contributed by atoms with Crippen LogP contribution in [0.3, 0.4) is 0 Å². The van der Waals surface area contributed by atoms with Gasteiger partial charge >= 0.3 is 6.18 Å². The summed E-state index contributed by atoms with van der Waals surface area (Å²) in [4.78, 5) is 1.38. The lowest BCUT2D eigenvalue weighted by Gasteiger charge is -2.39. The Kier molecular flexibility index (Phi) is 4.09. The molecule has 1 rings (SSSR count). The molecule has 6 heteroatoms. The van der Waals surface area contributed by atoms with E-state index in [9.17, 15) is 13.2 Å². The van der Waals surface area contributed by atoms with E-state index < -0.39 is 12.2 Å². The molecule has 0 aromatic rings. The molecule has 0 aromatic carbocycles. The summed E-state index contributed by atoms with van der Waals surface area (Å²) >= 11 is 1.48. The van der Waals surface area contributed by atoms with Gasteiger partial charge in [0.2, 0.25) is 0 Å². The van der Waals surface area contributed by atoms with E-state index in [1.165, 1.54) is 23.9 Å². The summed E-state index contributed by atoms with van der Waals surface area (Å²) in [6.45, 7) is 3.23. The van der Waals surface area contributed by atoms with Crippen LogP contribution in [0.5, 0.6) is 0 Å². The third-order valence-electron chi connectivity index (χ3n) is 2.30. The molecular formula is C8H15F3N2S. The number of nitrogens with zero attached hydrogens (tertiary/aromatic N) is 2. The highest BCUT2D eigenvalue weighted by Crippen LogP contribution is 2.28. The van der Waals surface area contributed by atoms with E-state index in [0.717, 1.165) is 5.75 Å². The quantitative estimate of drug-likeness (QED) is 0.666. The van der Waals surface area contributed by atoms with E-state index in [2.05, 4.69) is 0 Å². The predicted molar refractivity (Wildman–Crippen MR) is 52.2 cm³/mol. The Hall–Kier alpha value is 0.0600. The van der Waals surface area contributed by atoms with E-state index in [1.807, 2.05) is 6.92 Å². The summed E-state index contributed by atoms with van der Waals surface area (Å²) in [5, 5.41) is 0. The normalized spacial score (nSPS) is 26.8. The zero-order valence-electron chi connectivity index (χ0n) is 8.34. The van der Waals surface area contributed by atoms with E-state index in [1.54, 1.807) is 4.31 Å². The monoisotopic (exact) mass is 228 g/mol. The summed E-state index contributed by atoms with van der Waals surface area (Å²) < 4.78 is 39.4. The molecule has 14 heavy (non-hydrogen) atoms. The highest BCUT2D eigenvalue weighted by Gasteiger charge is 2.44. The Morgan fingerprint density at radius 3 is 2.50 bits per heavy atom. The van der Waals surface area contributed by atoms with E-state index >= 15 is 0 Å². The second kappa shape index (κ2) is 4.72. The first kappa shape index (κ1) is 12.1. The summed E-state index contributed by atoms with van der Waals surface area (Å²) in [6, 6.07) is -1.31. The van der Waals surface area contributed by atoms with E-state index in [-0.39, 0.29) is 6.54 Å². The van der Waals surface area contributed by atoms with Crippen LogP contribution < -0.4 is 0 Å². The molecule has 84 valence electrons. The maximum absolute atomic E-state index is 12.5. The van der Waals surface area contributed by atoms with E-state index in [4.69, 9.17) is 0 Å². The largest absolute Gasteiger partial charge is 0.405 e. The van der Waals surface area contributed by atoms with Gasteiger partial charge in [0.15, 0.2) is 0 Å². The average molecular weight is 228 g/mol. The Bertz CT molecular complexity index is 186. The lowest BCUT2D eigenvalue weighted by Crippen LogP contribution is -2.55. The molecule has 0 amide bonds. The summed E-state index contributed by atoms with van der Waals surface area (Å²) in [6.07, 6.45) is -4.11. The van der Waals surface area contributed by atoms with Gasteiger partial charge in [0.1, 0.15) is 6.04 Å². The van der Waals surface area contributed by atoms with Gasteiger partial charge in [-0.2, -0.15) is 13.2 Å². The van der Waals surface area contributed by atoms with Crippen molar-refractivity contribution in [1.82, 2.24) is 9.21 Å². The van der Waals surface area contributed by atoms with Crippen LogP contribution in [0.25, 0.3) is 0 Å². The van der Waals surface area contributed by atoms with Gasteiger partial charge in [-0.3, -0.25) is 4.90 Å². The van der Waals surface area contributed by atoms with Crippen molar-refractivity contribution in [3.8, 4) is 0 Å². The predicted octanol–water partition coefficient (Wildman–Crippen LogP) is 1.83. The van der Waals surface area contributed by atoms with Crippen LogP contribution in [-0.2, 0) is 0 Å². The first-order chi connectivity index (χ1) is 6.45. The fourth-order valence-electron chi connectivity index (χ4n) is 1.50.